The Bertz CT molecular complexity index is 575. The molecule has 2 aromatic heterocycles. The van der Waals surface area contributed by atoms with E-state index in [9.17, 15) is 5.11 Å². The summed E-state index contributed by atoms with van der Waals surface area (Å²) in [4.78, 5) is 6.74. The van der Waals surface area contributed by atoms with E-state index in [0.29, 0.717) is 6.04 Å². The molecule has 0 spiro atoms. The monoisotopic (exact) mass is 333 g/mol. The molecule has 0 bridgehead atoms. The van der Waals surface area contributed by atoms with E-state index in [1.165, 1.54) is 0 Å². The van der Waals surface area contributed by atoms with Gasteiger partial charge in [-0.2, -0.15) is 5.10 Å². The lowest BCUT2D eigenvalue weighted by Gasteiger charge is -2.38. The number of pyridine rings is 1. The molecule has 2 aromatic rings. The van der Waals surface area contributed by atoms with Gasteiger partial charge < -0.3 is 15.3 Å². The van der Waals surface area contributed by atoms with Gasteiger partial charge in [-0.15, -0.1) is 24.8 Å². The van der Waals surface area contributed by atoms with Gasteiger partial charge in [0.25, 0.3) is 0 Å². The van der Waals surface area contributed by atoms with E-state index in [2.05, 4.69) is 20.3 Å². The highest BCUT2D eigenvalue weighted by Gasteiger charge is 2.24. The molecule has 0 aromatic carbocycles. The van der Waals surface area contributed by atoms with Gasteiger partial charge in [-0.05, 0) is 12.5 Å². The molecule has 0 amide bonds. The standard InChI is InChI=1S/C13H19N5O.2ClH/c1-17-13-11(9-16-17)12(2-4-15-13)18-6-5-14-8-10(18)3-7-19;;/h2,4,9-10,14,19H,3,5-8H2,1H3;2*1H/t10-;;/m0../s1. The van der Waals surface area contributed by atoms with Crippen LogP contribution >= 0.6 is 24.8 Å². The summed E-state index contributed by atoms with van der Waals surface area (Å²) in [5.41, 5.74) is 2.07. The Morgan fingerprint density at radius 2 is 2.24 bits per heavy atom. The average Bonchev–Trinajstić information content (AvgIpc) is 2.82. The minimum atomic E-state index is 0. The van der Waals surface area contributed by atoms with Crippen LogP contribution in [0, 0.1) is 0 Å². The summed E-state index contributed by atoms with van der Waals surface area (Å²) in [5, 5.41) is 18.0. The Morgan fingerprint density at radius 3 is 3.00 bits per heavy atom. The molecule has 0 unspecified atom stereocenters. The number of aliphatic hydroxyl groups excluding tert-OH is 1. The third kappa shape index (κ3) is 3.40. The molecule has 1 saturated heterocycles. The van der Waals surface area contributed by atoms with Crippen molar-refractivity contribution in [2.75, 3.05) is 31.1 Å². The van der Waals surface area contributed by atoms with Crippen LogP contribution in [0.4, 0.5) is 5.69 Å². The number of hydrogen-bond donors (Lipinski definition) is 2. The van der Waals surface area contributed by atoms with Crippen molar-refractivity contribution < 1.29 is 5.11 Å². The lowest BCUT2D eigenvalue weighted by atomic mass is 10.1. The lowest BCUT2D eigenvalue weighted by Crippen LogP contribution is -2.51. The number of nitrogens with zero attached hydrogens (tertiary/aromatic N) is 4. The maximum Gasteiger partial charge on any atom is 0.159 e. The number of aromatic nitrogens is 3. The second-order valence-corrected chi connectivity index (χ2v) is 4.90. The molecule has 0 saturated carbocycles. The van der Waals surface area contributed by atoms with Crippen LogP contribution in [0.15, 0.2) is 18.5 Å². The molecule has 1 fully saturated rings. The Balaban J connectivity index is 0.00000110. The van der Waals surface area contributed by atoms with Crippen LogP contribution in [0.5, 0.6) is 0 Å². The number of rotatable bonds is 3. The number of nitrogens with one attached hydrogen (secondary N) is 1. The number of aliphatic hydroxyl groups is 1. The first kappa shape index (κ1) is 18.0. The first-order valence-electron chi connectivity index (χ1n) is 6.66. The van der Waals surface area contributed by atoms with Crippen molar-refractivity contribution >= 4 is 41.5 Å². The molecule has 1 aliphatic rings. The summed E-state index contributed by atoms with van der Waals surface area (Å²) in [5.74, 6) is 0. The highest BCUT2D eigenvalue weighted by Crippen LogP contribution is 2.27. The van der Waals surface area contributed by atoms with Crippen molar-refractivity contribution in [3.63, 3.8) is 0 Å². The highest BCUT2D eigenvalue weighted by molar-refractivity contribution is 5.89. The van der Waals surface area contributed by atoms with E-state index in [-0.39, 0.29) is 31.4 Å². The number of piperazine rings is 1. The molecule has 3 heterocycles. The average molecular weight is 334 g/mol. The lowest BCUT2D eigenvalue weighted by molar-refractivity contribution is 0.266. The highest BCUT2D eigenvalue weighted by atomic mass is 35.5. The van der Waals surface area contributed by atoms with Gasteiger partial charge >= 0.3 is 0 Å². The molecule has 1 aliphatic heterocycles. The number of hydrogen-bond acceptors (Lipinski definition) is 5. The van der Waals surface area contributed by atoms with Gasteiger partial charge in [0.05, 0.1) is 17.3 Å². The fourth-order valence-electron chi connectivity index (χ4n) is 2.77. The zero-order valence-corrected chi connectivity index (χ0v) is 13.5. The van der Waals surface area contributed by atoms with Crippen LogP contribution in [0.25, 0.3) is 11.0 Å². The van der Waals surface area contributed by atoms with Gasteiger partial charge in [0.1, 0.15) is 0 Å². The smallest absolute Gasteiger partial charge is 0.159 e. The van der Waals surface area contributed by atoms with Gasteiger partial charge in [-0.3, -0.25) is 4.68 Å². The summed E-state index contributed by atoms with van der Waals surface area (Å²) in [7, 11) is 1.90. The minimum Gasteiger partial charge on any atom is -0.396 e. The SMILES string of the molecule is Cl.Cl.Cn1ncc2c(N3CCNC[C@@H]3CCO)ccnc21. The zero-order valence-electron chi connectivity index (χ0n) is 11.9. The van der Waals surface area contributed by atoms with Crippen LogP contribution < -0.4 is 10.2 Å². The van der Waals surface area contributed by atoms with E-state index < -0.39 is 0 Å². The second-order valence-electron chi connectivity index (χ2n) is 4.90. The van der Waals surface area contributed by atoms with Crippen LogP contribution in [0.3, 0.4) is 0 Å². The van der Waals surface area contributed by atoms with E-state index in [4.69, 9.17) is 0 Å². The van der Waals surface area contributed by atoms with Crippen LogP contribution in [0.1, 0.15) is 6.42 Å². The predicted molar refractivity (Wildman–Crippen MR) is 88.7 cm³/mol. The van der Waals surface area contributed by atoms with Crippen LogP contribution in [-0.2, 0) is 7.05 Å². The third-order valence-electron chi connectivity index (χ3n) is 3.73. The first-order chi connectivity index (χ1) is 9.31. The summed E-state index contributed by atoms with van der Waals surface area (Å²) < 4.78 is 1.79. The van der Waals surface area contributed by atoms with Crippen molar-refractivity contribution in [1.29, 1.82) is 0 Å². The molecule has 118 valence electrons. The Labute approximate surface area is 136 Å². The maximum absolute atomic E-state index is 9.22. The molecular formula is C13H21Cl2N5O. The minimum absolute atomic E-state index is 0. The van der Waals surface area contributed by atoms with Crippen LogP contribution in [-0.4, -0.2) is 52.2 Å². The molecule has 2 N–H and O–H groups in total. The third-order valence-corrected chi connectivity index (χ3v) is 3.73. The number of aryl methyl sites for hydroxylation is 1. The van der Waals surface area contributed by atoms with Crippen molar-refractivity contribution in [1.82, 2.24) is 20.1 Å². The number of halogens is 2. The summed E-state index contributed by atoms with van der Waals surface area (Å²) >= 11 is 0. The quantitative estimate of drug-likeness (QED) is 0.876. The van der Waals surface area contributed by atoms with Crippen LogP contribution in [0.2, 0.25) is 0 Å². The van der Waals surface area contributed by atoms with E-state index in [0.717, 1.165) is 42.8 Å². The molecule has 0 aliphatic carbocycles. The fourth-order valence-corrected chi connectivity index (χ4v) is 2.77. The van der Waals surface area contributed by atoms with Crippen molar-refractivity contribution in [3.8, 4) is 0 Å². The predicted octanol–water partition coefficient (Wildman–Crippen LogP) is 0.972. The van der Waals surface area contributed by atoms with E-state index in [1.54, 1.807) is 4.68 Å². The summed E-state index contributed by atoms with van der Waals surface area (Å²) in [6.07, 6.45) is 4.48. The first-order valence-corrected chi connectivity index (χ1v) is 6.66. The molecule has 0 radical (unpaired) electrons. The zero-order chi connectivity index (χ0) is 13.2. The van der Waals surface area contributed by atoms with Crippen molar-refractivity contribution in [2.45, 2.75) is 12.5 Å². The maximum atomic E-state index is 9.22. The summed E-state index contributed by atoms with van der Waals surface area (Å²) in [6.45, 7) is 3.03. The van der Waals surface area contributed by atoms with Gasteiger partial charge in [0.2, 0.25) is 0 Å². The van der Waals surface area contributed by atoms with Gasteiger partial charge in [-0.1, -0.05) is 0 Å². The van der Waals surface area contributed by atoms with Crippen molar-refractivity contribution in [3.05, 3.63) is 18.5 Å². The summed E-state index contributed by atoms with van der Waals surface area (Å²) in [6, 6.07) is 2.37. The van der Waals surface area contributed by atoms with E-state index in [1.807, 2.05) is 25.5 Å². The van der Waals surface area contributed by atoms with Gasteiger partial charge in [0.15, 0.2) is 5.65 Å². The molecule has 3 rings (SSSR count). The van der Waals surface area contributed by atoms with Gasteiger partial charge in [0, 0.05) is 45.5 Å². The Hall–Kier alpha value is -1.08. The normalized spacial score (nSPS) is 18.2. The second kappa shape index (κ2) is 7.79. The largest absolute Gasteiger partial charge is 0.396 e. The van der Waals surface area contributed by atoms with Gasteiger partial charge in [-0.25, -0.2) is 4.98 Å². The number of anilines is 1. The number of fused-ring (bicyclic) bond motifs is 1. The topological polar surface area (TPSA) is 66.2 Å². The molecule has 21 heavy (non-hydrogen) atoms. The molecule has 6 nitrogen and oxygen atoms in total. The fraction of sp³-hybridized carbons (Fsp3) is 0.538. The molecule has 1 atom stereocenters. The van der Waals surface area contributed by atoms with Crippen molar-refractivity contribution in [2.24, 2.45) is 7.05 Å². The van der Waals surface area contributed by atoms with E-state index >= 15 is 0 Å². The molecule has 8 heteroatoms. The molecular weight excluding hydrogens is 313 g/mol. The Kier molecular flexibility index (Phi) is 6.67. The Morgan fingerprint density at radius 1 is 1.43 bits per heavy atom.